The highest BCUT2D eigenvalue weighted by molar-refractivity contribution is 5.83. The van der Waals surface area contributed by atoms with Crippen LogP contribution in [0.4, 0.5) is 5.69 Å². The molecule has 0 aliphatic carbocycles. The molecule has 1 amide bonds. The Balaban J connectivity index is 1.90. The van der Waals surface area contributed by atoms with Gasteiger partial charge in [0.15, 0.2) is 6.10 Å². The van der Waals surface area contributed by atoms with Crippen LogP contribution in [0.5, 0.6) is 5.75 Å². The molecule has 1 unspecified atom stereocenters. The molecule has 1 aliphatic rings. The molecule has 1 atom stereocenters. The van der Waals surface area contributed by atoms with Gasteiger partial charge in [-0.15, -0.1) is 0 Å². The number of hydrogen-bond donors (Lipinski definition) is 2. The van der Waals surface area contributed by atoms with Crippen LogP contribution in [0.2, 0.25) is 0 Å². The van der Waals surface area contributed by atoms with Crippen molar-refractivity contribution < 1.29 is 9.53 Å². The number of rotatable bonds is 5. The minimum atomic E-state index is -0.458. The summed E-state index contributed by atoms with van der Waals surface area (Å²) in [6.45, 7) is 10.0. The highest BCUT2D eigenvalue weighted by atomic mass is 16.5. The van der Waals surface area contributed by atoms with E-state index in [0.717, 1.165) is 11.4 Å². The van der Waals surface area contributed by atoms with Crippen molar-refractivity contribution in [2.75, 3.05) is 18.4 Å². The zero-order chi connectivity index (χ0) is 15.4. The van der Waals surface area contributed by atoms with Crippen molar-refractivity contribution >= 4 is 11.6 Å². The van der Waals surface area contributed by atoms with Crippen LogP contribution >= 0.6 is 0 Å². The van der Waals surface area contributed by atoms with Gasteiger partial charge < -0.3 is 15.4 Å². The lowest BCUT2D eigenvalue weighted by atomic mass is 9.85. The Labute approximate surface area is 127 Å². The monoisotopic (exact) mass is 290 g/mol. The smallest absolute Gasteiger partial charge is 0.262 e. The lowest BCUT2D eigenvalue weighted by Gasteiger charge is -2.29. The van der Waals surface area contributed by atoms with E-state index in [9.17, 15) is 4.79 Å². The maximum absolute atomic E-state index is 12.3. The summed E-state index contributed by atoms with van der Waals surface area (Å²) in [6.07, 6.45) is -0.458. The molecule has 0 spiro atoms. The number of para-hydroxylation sites is 2. The maximum atomic E-state index is 12.3. The van der Waals surface area contributed by atoms with Gasteiger partial charge in [-0.2, -0.15) is 0 Å². The average molecular weight is 290 g/mol. The van der Waals surface area contributed by atoms with E-state index >= 15 is 0 Å². The quantitative estimate of drug-likeness (QED) is 0.876. The molecule has 1 aromatic carbocycles. The van der Waals surface area contributed by atoms with Crippen molar-refractivity contribution in [1.29, 1.82) is 0 Å². The molecule has 4 heteroatoms. The third-order valence-corrected chi connectivity index (χ3v) is 4.15. The van der Waals surface area contributed by atoms with Gasteiger partial charge in [-0.3, -0.25) is 4.79 Å². The summed E-state index contributed by atoms with van der Waals surface area (Å²) in [4.78, 5) is 12.3. The van der Waals surface area contributed by atoms with E-state index in [1.807, 2.05) is 24.3 Å². The number of anilines is 1. The van der Waals surface area contributed by atoms with Crippen LogP contribution in [-0.4, -0.2) is 25.1 Å². The van der Waals surface area contributed by atoms with Crippen LogP contribution in [0, 0.1) is 17.8 Å². The molecule has 1 aliphatic heterocycles. The number of carbonyl (C=O) groups excluding carboxylic acids is 1. The van der Waals surface area contributed by atoms with E-state index in [-0.39, 0.29) is 5.91 Å². The molecule has 0 bridgehead atoms. The molecule has 4 nitrogen and oxygen atoms in total. The Hall–Kier alpha value is -1.71. The van der Waals surface area contributed by atoms with Crippen molar-refractivity contribution in [2.45, 2.75) is 33.8 Å². The first-order valence-corrected chi connectivity index (χ1v) is 7.76. The van der Waals surface area contributed by atoms with Gasteiger partial charge in [0.1, 0.15) is 5.75 Å². The van der Waals surface area contributed by atoms with Gasteiger partial charge in [0.25, 0.3) is 5.91 Å². The summed E-state index contributed by atoms with van der Waals surface area (Å²) in [5.74, 6) is 2.29. The zero-order valence-electron chi connectivity index (χ0n) is 13.3. The largest absolute Gasteiger partial charge is 0.477 e. The second kappa shape index (κ2) is 6.83. The summed E-state index contributed by atoms with van der Waals surface area (Å²) in [6, 6.07) is 7.70. The molecule has 1 heterocycles. The lowest BCUT2D eigenvalue weighted by molar-refractivity contribution is -0.127. The first kappa shape index (κ1) is 15.7. The molecule has 2 N–H and O–H groups in total. The van der Waals surface area contributed by atoms with Gasteiger partial charge in [-0.05, 0) is 29.9 Å². The fourth-order valence-corrected chi connectivity index (χ4v) is 2.83. The Morgan fingerprint density at radius 1 is 1.29 bits per heavy atom. The van der Waals surface area contributed by atoms with Crippen LogP contribution in [0.15, 0.2) is 24.3 Å². The third kappa shape index (κ3) is 3.90. The highest BCUT2D eigenvalue weighted by Crippen LogP contribution is 2.28. The van der Waals surface area contributed by atoms with Gasteiger partial charge in [0, 0.05) is 6.54 Å². The second-order valence-corrected chi connectivity index (χ2v) is 6.38. The Bertz CT molecular complexity index is 477. The number of benzene rings is 1. The van der Waals surface area contributed by atoms with Gasteiger partial charge in [-0.25, -0.2) is 0 Å². The molecule has 0 radical (unpaired) electrons. The predicted octanol–water partition coefficient (Wildman–Crippen LogP) is 2.90. The van der Waals surface area contributed by atoms with Crippen molar-refractivity contribution in [3.8, 4) is 5.75 Å². The molecular formula is C17H26N2O2. The van der Waals surface area contributed by atoms with Crippen LogP contribution in [0.1, 0.15) is 27.7 Å². The van der Waals surface area contributed by atoms with Crippen molar-refractivity contribution in [2.24, 2.45) is 17.8 Å². The topological polar surface area (TPSA) is 50.4 Å². The van der Waals surface area contributed by atoms with Crippen molar-refractivity contribution in [1.82, 2.24) is 5.32 Å². The molecular weight excluding hydrogens is 264 g/mol. The molecule has 2 rings (SSSR count). The summed E-state index contributed by atoms with van der Waals surface area (Å²) in [7, 11) is 0. The van der Waals surface area contributed by atoms with Crippen LogP contribution in [-0.2, 0) is 4.79 Å². The standard InChI is InChI=1S/C17H26N2O2/c1-11(2)13(12(3)4)9-19-17(20)16-10-18-14-7-5-6-8-15(14)21-16/h5-8,11-13,16,18H,9-10H2,1-4H3,(H,19,20). The number of fused-ring (bicyclic) bond motifs is 1. The lowest BCUT2D eigenvalue weighted by Crippen LogP contribution is -2.46. The number of carbonyl (C=O) groups is 1. The fraction of sp³-hybridized carbons (Fsp3) is 0.588. The SMILES string of the molecule is CC(C)C(CNC(=O)C1CNc2ccccc2O1)C(C)C. The summed E-state index contributed by atoms with van der Waals surface area (Å²) in [5, 5.41) is 6.28. The molecule has 116 valence electrons. The molecule has 0 saturated carbocycles. The molecule has 0 aromatic heterocycles. The van der Waals surface area contributed by atoms with E-state index in [1.165, 1.54) is 0 Å². The van der Waals surface area contributed by atoms with E-state index in [1.54, 1.807) is 0 Å². The molecule has 1 aromatic rings. The molecule has 0 fully saturated rings. The van der Waals surface area contributed by atoms with Gasteiger partial charge in [-0.1, -0.05) is 39.8 Å². The van der Waals surface area contributed by atoms with E-state index < -0.39 is 6.10 Å². The Kier molecular flexibility index (Phi) is 5.10. The molecule has 21 heavy (non-hydrogen) atoms. The van der Waals surface area contributed by atoms with Gasteiger partial charge in [0.2, 0.25) is 0 Å². The normalized spacial score (nSPS) is 17.4. The summed E-state index contributed by atoms with van der Waals surface area (Å²) < 4.78 is 5.77. The summed E-state index contributed by atoms with van der Waals surface area (Å²) in [5.41, 5.74) is 0.948. The van der Waals surface area contributed by atoms with E-state index in [2.05, 4.69) is 38.3 Å². The zero-order valence-corrected chi connectivity index (χ0v) is 13.3. The second-order valence-electron chi connectivity index (χ2n) is 6.38. The van der Waals surface area contributed by atoms with Gasteiger partial charge >= 0.3 is 0 Å². The Morgan fingerprint density at radius 2 is 1.95 bits per heavy atom. The number of nitrogens with one attached hydrogen (secondary N) is 2. The minimum absolute atomic E-state index is 0.0386. The summed E-state index contributed by atoms with van der Waals surface area (Å²) >= 11 is 0. The minimum Gasteiger partial charge on any atom is -0.477 e. The average Bonchev–Trinajstić information content (AvgIpc) is 2.46. The van der Waals surface area contributed by atoms with Crippen molar-refractivity contribution in [3.63, 3.8) is 0 Å². The van der Waals surface area contributed by atoms with Crippen LogP contribution in [0.3, 0.4) is 0 Å². The maximum Gasteiger partial charge on any atom is 0.262 e. The van der Waals surface area contributed by atoms with Gasteiger partial charge in [0.05, 0.1) is 12.2 Å². The number of hydrogen-bond acceptors (Lipinski definition) is 3. The highest BCUT2D eigenvalue weighted by Gasteiger charge is 2.27. The van der Waals surface area contributed by atoms with Crippen molar-refractivity contribution in [3.05, 3.63) is 24.3 Å². The van der Waals surface area contributed by atoms with Crippen LogP contribution < -0.4 is 15.4 Å². The predicted molar refractivity (Wildman–Crippen MR) is 85.5 cm³/mol. The first-order valence-electron chi connectivity index (χ1n) is 7.76. The third-order valence-electron chi connectivity index (χ3n) is 4.15. The fourth-order valence-electron chi connectivity index (χ4n) is 2.83. The first-order chi connectivity index (χ1) is 9.99. The number of ether oxygens (including phenoxy) is 1. The number of amides is 1. The van der Waals surface area contributed by atoms with E-state index in [0.29, 0.717) is 30.8 Å². The van der Waals surface area contributed by atoms with E-state index in [4.69, 9.17) is 4.74 Å². The molecule has 0 saturated heterocycles. The Morgan fingerprint density at radius 3 is 2.62 bits per heavy atom. The van der Waals surface area contributed by atoms with Crippen LogP contribution in [0.25, 0.3) is 0 Å².